The van der Waals surface area contributed by atoms with Crippen LogP contribution in [0.2, 0.25) is 0 Å². The van der Waals surface area contributed by atoms with E-state index in [0.29, 0.717) is 11.8 Å². The Balaban J connectivity index is 1.31. The SMILES string of the molecule is CCCc1cc(Oc2ccc3c4cc(C(C)CC(C)CCC)ccc4n(-c4cc(C)ccn4)c3c2)cc(-n2nc(C)c(-c3ccccc3)c2C)c1. The number of rotatable bonds is 12. The lowest BCUT2D eigenvalue weighted by molar-refractivity contribution is 0.449. The fourth-order valence-electron chi connectivity index (χ4n) is 7.94. The highest BCUT2D eigenvalue weighted by Crippen LogP contribution is 2.38. The lowest BCUT2D eigenvalue weighted by Crippen LogP contribution is -2.02. The zero-order valence-corrected chi connectivity index (χ0v) is 31.2. The number of aryl methyl sites for hydroxylation is 3. The van der Waals surface area contributed by atoms with Gasteiger partial charge in [0.1, 0.15) is 17.3 Å². The van der Waals surface area contributed by atoms with Gasteiger partial charge in [0, 0.05) is 40.4 Å². The largest absolute Gasteiger partial charge is 0.457 e. The van der Waals surface area contributed by atoms with Gasteiger partial charge in [0.05, 0.1) is 22.4 Å². The maximum Gasteiger partial charge on any atom is 0.137 e. The van der Waals surface area contributed by atoms with Gasteiger partial charge in [0.25, 0.3) is 0 Å². The summed E-state index contributed by atoms with van der Waals surface area (Å²) < 4.78 is 11.1. The normalized spacial score (nSPS) is 12.8. The van der Waals surface area contributed by atoms with Crippen molar-refractivity contribution in [1.29, 1.82) is 0 Å². The molecule has 5 nitrogen and oxygen atoms in total. The summed E-state index contributed by atoms with van der Waals surface area (Å²) in [4.78, 5) is 4.84. The number of pyridine rings is 1. The number of benzene rings is 4. The molecule has 0 aliphatic carbocycles. The van der Waals surface area contributed by atoms with Gasteiger partial charge in [-0.3, -0.25) is 4.57 Å². The molecule has 0 amide bonds. The lowest BCUT2D eigenvalue weighted by Gasteiger charge is -2.17. The van der Waals surface area contributed by atoms with Crippen LogP contribution in [0.1, 0.15) is 87.4 Å². The van der Waals surface area contributed by atoms with Crippen LogP contribution in [-0.2, 0) is 6.42 Å². The number of fused-ring (bicyclic) bond motifs is 3. The quantitative estimate of drug-likeness (QED) is 0.130. The number of nitrogens with zero attached hydrogens (tertiary/aromatic N) is 4. The average molecular weight is 675 g/mol. The molecule has 0 radical (unpaired) electrons. The summed E-state index contributed by atoms with van der Waals surface area (Å²) in [6.45, 7) is 15.6. The third kappa shape index (κ3) is 6.95. The van der Waals surface area contributed by atoms with Crippen molar-refractivity contribution in [1.82, 2.24) is 19.3 Å². The molecule has 7 rings (SSSR count). The Kier molecular flexibility index (Phi) is 9.82. The van der Waals surface area contributed by atoms with Crippen molar-refractivity contribution in [2.75, 3.05) is 0 Å². The van der Waals surface area contributed by atoms with Gasteiger partial charge in [-0.25, -0.2) is 9.67 Å². The Labute approximate surface area is 302 Å². The fourth-order valence-corrected chi connectivity index (χ4v) is 7.94. The lowest BCUT2D eigenvalue weighted by atomic mass is 9.88. The molecule has 0 fully saturated rings. The standard InChI is InChI=1S/C46H50N4O/c1-8-13-30(3)23-32(5)37-17-20-43-42(27-37)41-19-18-39(29-44(41)49(43)45-24-31(4)21-22-47-45)51-40-26-35(14-9-2)25-38(28-40)50-34(7)46(33(6)48-50)36-15-11-10-12-16-36/h10-12,15-22,24-30,32H,8-9,13-14,23H2,1-7H3. The predicted octanol–water partition coefficient (Wildman–Crippen LogP) is 12.6. The van der Waals surface area contributed by atoms with Gasteiger partial charge in [0.2, 0.25) is 0 Å². The minimum atomic E-state index is 0.490. The molecular weight excluding hydrogens is 625 g/mol. The second-order valence-electron chi connectivity index (χ2n) is 14.5. The van der Waals surface area contributed by atoms with Crippen LogP contribution < -0.4 is 4.74 Å². The van der Waals surface area contributed by atoms with Crippen LogP contribution in [0.3, 0.4) is 0 Å². The molecule has 7 aromatic rings. The number of aromatic nitrogens is 4. The summed E-state index contributed by atoms with van der Waals surface area (Å²) in [7, 11) is 0. The minimum Gasteiger partial charge on any atom is -0.457 e. The first-order valence-electron chi connectivity index (χ1n) is 18.7. The molecule has 0 bridgehead atoms. The Morgan fingerprint density at radius 1 is 0.745 bits per heavy atom. The third-order valence-electron chi connectivity index (χ3n) is 10.3. The van der Waals surface area contributed by atoms with Crippen molar-refractivity contribution in [2.45, 2.75) is 86.5 Å². The Morgan fingerprint density at radius 3 is 2.33 bits per heavy atom. The molecule has 51 heavy (non-hydrogen) atoms. The van der Waals surface area contributed by atoms with Crippen molar-refractivity contribution in [3.8, 4) is 34.1 Å². The summed E-state index contributed by atoms with van der Waals surface area (Å²) in [5.41, 5.74) is 11.5. The predicted molar refractivity (Wildman–Crippen MR) is 213 cm³/mol. The van der Waals surface area contributed by atoms with Crippen molar-refractivity contribution in [3.05, 3.63) is 131 Å². The maximum atomic E-state index is 6.76. The number of hydrogen-bond acceptors (Lipinski definition) is 3. The van der Waals surface area contributed by atoms with Crippen LogP contribution in [-0.4, -0.2) is 19.3 Å². The van der Waals surface area contributed by atoms with E-state index in [1.54, 1.807) is 0 Å². The van der Waals surface area contributed by atoms with E-state index in [2.05, 4.69) is 155 Å². The van der Waals surface area contributed by atoms with E-state index >= 15 is 0 Å². The average Bonchev–Trinajstić information content (AvgIpc) is 3.60. The monoisotopic (exact) mass is 674 g/mol. The van der Waals surface area contributed by atoms with E-state index in [1.807, 2.05) is 6.20 Å². The molecule has 0 aliphatic rings. The summed E-state index contributed by atoms with van der Waals surface area (Å²) in [5, 5.41) is 7.47. The van der Waals surface area contributed by atoms with E-state index in [1.165, 1.54) is 57.9 Å². The molecule has 2 unspecified atom stereocenters. The van der Waals surface area contributed by atoms with Gasteiger partial charge in [-0.15, -0.1) is 0 Å². The fraction of sp³-hybridized carbons (Fsp3) is 0.304. The summed E-state index contributed by atoms with van der Waals surface area (Å²) in [5.74, 6) is 3.71. The molecule has 5 heteroatoms. The smallest absolute Gasteiger partial charge is 0.137 e. The molecule has 0 spiro atoms. The first kappa shape index (κ1) is 34.3. The van der Waals surface area contributed by atoms with Crippen LogP contribution in [0.25, 0.3) is 44.4 Å². The zero-order chi connectivity index (χ0) is 35.6. The Morgan fingerprint density at radius 2 is 1.57 bits per heavy atom. The highest BCUT2D eigenvalue weighted by molar-refractivity contribution is 6.09. The van der Waals surface area contributed by atoms with Crippen LogP contribution in [0.15, 0.2) is 103 Å². The van der Waals surface area contributed by atoms with Crippen molar-refractivity contribution < 1.29 is 4.74 Å². The van der Waals surface area contributed by atoms with E-state index in [0.717, 1.165) is 58.3 Å². The van der Waals surface area contributed by atoms with E-state index < -0.39 is 0 Å². The molecule has 0 saturated carbocycles. The Hall–Kier alpha value is -5.16. The second kappa shape index (κ2) is 14.6. The topological polar surface area (TPSA) is 44.9 Å². The van der Waals surface area contributed by atoms with E-state index in [9.17, 15) is 0 Å². The molecule has 3 aromatic heterocycles. The highest BCUT2D eigenvalue weighted by atomic mass is 16.5. The van der Waals surface area contributed by atoms with Crippen LogP contribution in [0, 0.1) is 26.7 Å². The van der Waals surface area contributed by atoms with E-state index in [-0.39, 0.29) is 0 Å². The van der Waals surface area contributed by atoms with E-state index in [4.69, 9.17) is 14.8 Å². The van der Waals surface area contributed by atoms with Gasteiger partial charge in [0.15, 0.2) is 0 Å². The first-order chi connectivity index (χ1) is 24.7. The molecular formula is C46H50N4O. The van der Waals surface area contributed by atoms with Crippen molar-refractivity contribution in [2.24, 2.45) is 5.92 Å². The molecule has 2 atom stereocenters. The van der Waals surface area contributed by atoms with Gasteiger partial charge < -0.3 is 4.74 Å². The zero-order valence-electron chi connectivity index (χ0n) is 31.2. The molecule has 3 heterocycles. The van der Waals surface area contributed by atoms with Gasteiger partial charge >= 0.3 is 0 Å². The van der Waals surface area contributed by atoms with Gasteiger partial charge in [-0.1, -0.05) is 83.4 Å². The number of ether oxygens (including phenoxy) is 1. The van der Waals surface area contributed by atoms with Crippen molar-refractivity contribution in [3.63, 3.8) is 0 Å². The molecule has 0 aliphatic heterocycles. The highest BCUT2D eigenvalue weighted by Gasteiger charge is 2.19. The Bertz CT molecular complexity index is 2310. The van der Waals surface area contributed by atoms with Gasteiger partial charge in [-0.2, -0.15) is 5.10 Å². The summed E-state index contributed by atoms with van der Waals surface area (Å²) in [6.07, 6.45) is 7.60. The third-order valence-corrected chi connectivity index (χ3v) is 10.3. The first-order valence-corrected chi connectivity index (χ1v) is 18.7. The minimum absolute atomic E-state index is 0.490. The molecule has 4 aromatic carbocycles. The summed E-state index contributed by atoms with van der Waals surface area (Å²) in [6, 6.07) is 34.8. The molecule has 0 N–H and O–H groups in total. The second-order valence-corrected chi connectivity index (χ2v) is 14.5. The van der Waals surface area contributed by atoms with Crippen LogP contribution in [0.4, 0.5) is 0 Å². The maximum absolute atomic E-state index is 6.76. The molecule has 0 saturated heterocycles. The van der Waals surface area contributed by atoms with Crippen LogP contribution >= 0.6 is 0 Å². The molecule has 260 valence electrons. The number of hydrogen-bond donors (Lipinski definition) is 0. The summed E-state index contributed by atoms with van der Waals surface area (Å²) >= 11 is 0. The van der Waals surface area contributed by atoms with Crippen molar-refractivity contribution >= 4 is 21.8 Å². The van der Waals surface area contributed by atoms with Crippen LogP contribution in [0.5, 0.6) is 11.5 Å². The van der Waals surface area contributed by atoms with Gasteiger partial charge in [-0.05, 0) is 116 Å².